The zero-order valence-corrected chi connectivity index (χ0v) is 18.4. The van der Waals surface area contributed by atoms with Crippen LogP contribution in [0.3, 0.4) is 0 Å². The summed E-state index contributed by atoms with van der Waals surface area (Å²) >= 11 is 0. The van der Waals surface area contributed by atoms with Crippen LogP contribution < -0.4 is 4.74 Å². The van der Waals surface area contributed by atoms with Crippen molar-refractivity contribution in [2.24, 2.45) is 5.92 Å². The molecule has 2 aliphatic rings. The normalized spacial score (nSPS) is 24.3. The minimum Gasteiger partial charge on any atom is -0.496 e. The molecule has 2 saturated heterocycles. The highest BCUT2D eigenvalue weighted by Crippen LogP contribution is 2.45. The average Bonchev–Trinajstić information content (AvgIpc) is 3.40. The van der Waals surface area contributed by atoms with Gasteiger partial charge in [0.25, 0.3) is 5.91 Å². The number of carbonyl (C=O) groups excluding carboxylic acids is 1. The smallest absolute Gasteiger partial charge is 0.254 e. The van der Waals surface area contributed by atoms with Crippen molar-refractivity contribution in [1.82, 2.24) is 19.3 Å². The summed E-state index contributed by atoms with van der Waals surface area (Å²) in [5, 5.41) is 3.91. The van der Waals surface area contributed by atoms with Gasteiger partial charge in [-0.2, -0.15) is 4.98 Å². The molecule has 1 amide bonds. The van der Waals surface area contributed by atoms with E-state index in [0.29, 0.717) is 42.7 Å². The standard InChI is InChI=1S/C20H26N4O5S/c1-5-30(26,27)24-10-15-9-23(11-20(15,12-24)19-21-14(3)22-29-19)18(25)16-7-6-8-17(28-4)13(16)2/h6-8,15H,5,9-12H2,1-4H3/t15-,20-/m0/s1. The molecule has 2 aromatic rings. The van der Waals surface area contributed by atoms with Crippen molar-refractivity contribution in [1.29, 1.82) is 0 Å². The second-order valence-electron chi connectivity index (χ2n) is 8.01. The van der Waals surface area contributed by atoms with Crippen LogP contribution >= 0.6 is 0 Å². The molecular formula is C20H26N4O5S. The molecule has 0 radical (unpaired) electrons. The van der Waals surface area contributed by atoms with Gasteiger partial charge in [0.15, 0.2) is 5.82 Å². The molecule has 0 aliphatic carbocycles. The van der Waals surface area contributed by atoms with Crippen molar-refractivity contribution in [2.75, 3.05) is 39.0 Å². The Bertz CT molecular complexity index is 1080. The number of amides is 1. The quantitative estimate of drug-likeness (QED) is 0.700. The lowest BCUT2D eigenvalue weighted by Crippen LogP contribution is -2.41. The molecule has 2 fully saturated rings. The number of nitrogens with zero attached hydrogens (tertiary/aromatic N) is 4. The molecule has 162 valence electrons. The van der Waals surface area contributed by atoms with E-state index in [1.54, 1.807) is 38.0 Å². The van der Waals surface area contributed by atoms with Gasteiger partial charge in [-0.3, -0.25) is 4.79 Å². The van der Waals surface area contributed by atoms with Crippen molar-refractivity contribution < 1.29 is 22.5 Å². The predicted octanol–water partition coefficient (Wildman–Crippen LogP) is 1.37. The van der Waals surface area contributed by atoms with Gasteiger partial charge in [0, 0.05) is 43.2 Å². The second-order valence-corrected chi connectivity index (χ2v) is 10.3. The van der Waals surface area contributed by atoms with Crippen LogP contribution in [0, 0.1) is 19.8 Å². The number of rotatable bonds is 5. The lowest BCUT2D eigenvalue weighted by atomic mass is 9.81. The first-order valence-corrected chi connectivity index (χ1v) is 11.5. The lowest BCUT2D eigenvalue weighted by molar-refractivity contribution is 0.0771. The maximum Gasteiger partial charge on any atom is 0.254 e. The van der Waals surface area contributed by atoms with Gasteiger partial charge in [-0.1, -0.05) is 11.2 Å². The summed E-state index contributed by atoms with van der Waals surface area (Å²) in [5.41, 5.74) is 0.649. The fraction of sp³-hybridized carbons (Fsp3) is 0.550. The molecule has 0 unspecified atom stereocenters. The van der Waals surface area contributed by atoms with Crippen molar-refractivity contribution in [2.45, 2.75) is 26.2 Å². The largest absolute Gasteiger partial charge is 0.496 e. The van der Waals surface area contributed by atoms with E-state index >= 15 is 0 Å². The first-order chi connectivity index (χ1) is 14.2. The van der Waals surface area contributed by atoms with Crippen LogP contribution in [0.25, 0.3) is 0 Å². The summed E-state index contributed by atoms with van der Waals surface area (Å²) in [6, 6.07) is 5.40. The van der Waals surface area contributed by atoms with E-state index in [4.69, 9.17) is 9.26 Å². The Hall–Kier alpha value is -2.46. The van der Waals surface area contributed by atoms with Gasteiger partial charge in [-0.05, 0) is 32.9 Å². The number of fused-ring (bicyclic) bond motifs is 1. The monoisotopic (exact) mass is 434 g/mol. The molecule has 3 heterocycles. The fourth-order valence-electron chi connectivity index (χ4n) is 4.61. The van der Waals surface area contributed by atoms with Crippen LogP contribution in [0.1, 0.15) is 34.6 Å². The Kier molecular flexibility index (Phi) is 5.09. The van der Waals surface area contributed by atoms with E-state index in [2.05, 4.69) is 10.1 Å². The van der Waals surface area contributed by atoms with Gasteiger partial charge in [-0.25, -0.2) is 12.7 Å². The molecule has 0 bridgehead atoms. The molecular weight excluding hydrogens is 408 g/mol. The Morgan fingerprint density at radius 1 is 1.30 bits per heavy atom. The number of aryl methyl sites for hydroxylation is 1. The first-order valence-electron chi connectivity index (χ1n) is 9.93. The van der Waals surface area contributed by atoms with Crippen LogP contribution in [-0.4, -0.2) is 72.7 Å². The molecule has 10 heteroatoms. The van der Waals surface area contributed by atoms with Gasteiger partial charge < -0.3 is 14.2 Å². The third-order valence-corrected chi connectivity index (χ3v) is 8.11. The van der Waals surface area contributed by atoms with Crippen LogP contribution in [0.2, 0.25) is 0 Å². The van der Waals surface area contributed by atoms with Gasteiger partial charge in [0.2, 0.25) is 15.9 Å². The van der Waals surface area contributed by atoms with Crippen LogP contribution in [0.5, 0.6) is 5.75 Å². The summed E-state index contributed by atoms with van der Waals surface area (Å²) < 4.78 is 37.4. The van der Waals surface area contributed by atoms with Gasteiger partial charge in [0.05, 0.1) is 18.3 Å². The topological polar surface area (TPSA) is 106 Å². The van der Waals surface area contributed by atoms with E-state index in [-0.39, 0.29) is 24.1 Å². The Labute approximate surface area is 176 Å². The zero-order chi connectivity index (χ0) is 21.7. The highest BCUT2D eigenvalue weighted by Gasteiger charge is 2.59. The minimum absolute atomic E-state index is 0.0321. The van der Waals surface area contributed by atoms with Gasteiger partial charge >= 0.3 is 0 Å². The SMILES string of the molecule is CCS(=O)(=O)N1C[C@@H]2CN(C(=O)c3cccc(OC)c3C)C[C@]2(c2nc(C)no2)C1. The number of carbonyl (C=O) groups is 1. The summed E-state index contributed by atoms with van der Waals surface area (Å²) in [7, 11) is -1.79. The van der Waals surface area contributed by atoms with Crippen molar-refractivity contribution in [3.8, 4) is 5.75 Å². The highest BCUT2D eigenvalue weighted by atomic mass is 32.2. The van der Waals surface area contributed by atoms with Crippen molar-refractivity contribution >= 4 is 15.9 Å². The third-order valence-electron chi connectivity index (χ3n) is 6.31. The second kappa shape index (κ2) is 7.35. The molecule has 0 saturated carbocycles. The molecule has 1 aromatic heterocycles. The van der Waals surface area contributed by atoms with E-state index in [1.165, 1.54) is 4.31 Å². The van der Waals surface area contributed by atoms with E-state index in [1.807, 2.05) is 13.0 Å². The molecule has 0 N–H and O–H groups in total. The molecule has 4 rings (SSSR count). The Morgan fingerprint density at radius 3 is 2.70 bits per heavy atom. The molecule has 0 spiro atoms. The Balaban J connectivity index is 1.68. The number of likely N-dealkylation sites (tertiary alicyclic amines) is 1. The molecule has 1 aromatic carbocycles. The number of hydrogen-bond acceptors (Lipinski definition) is 7. The number of sulfonamides is 1. The number of hydrogen-bond donors (Lipinski definition) is 0. The van der Waals surface area contributed by atoms with Crippen molar-refractivity contribution in [3.05, 3.63) is 41.0 Å². The van der Waals surface area contributed by atoms with E-state index < -0.39 is 15.4 Å². The molecule has 2 aliphatic heterocycles. The zero-order valence-electron chi connectivity index (χ0n) is 17.6. The maximum absolute atomic E-state index is 13.4. The van der Waals surface area contributed by atoms with Crippen molar-refractivity contribution in [3.63, 3.8) is 0 Å². The molecule has 30 heavy (non-hydrogen) atoms. The predicted molar refractivity (Wildman–Crippen MR) is 109 cm³/mol. The van der Waals surface area contributed by atoms with Crippen LogP contribution in [0.15, 0.2) is 22.7 Å². The maximum atomic E-state index is 13.4. The fourth-order valence-corrected chi connectivity index (χ4v) is 5.81. The van der Waals surface area contributed by atoms with Gasteiger partial charge in [0.1, 0.15) is 5.75 Å². The Morgan fingerprint density at radius 2 is 2.07 bits per heavy atom. The first kappa shape index (κ1) is 20.8. The van der Waals surface area contributed by atoms with Crippen LogP contribution in [0.4, 0.5) is 0 Å². The number of benzene rings is 1. The summed E-state index contributed by atoms with van der Waals surface area (Å²) in [5.74, 6) is 1.35. The molecule has 2 atom stereocenters. The molecule has 9 nitrogen and oxygen atoms in total. The third kappa shape index (κ3) is 3.18. The van der Waals surface area contributed by atoms with Gasteiger partial charge in [-0.15, -0.1) is 0 Å². The number of aromatic nitrogens is 2. The summed E-state index contributed by atoms with van der Waals surface area (Å²) in [6.45, 7) is 6.53. The van der Waals surface area contributed by atoms with Crippen LogP contribution in [-0.2, 0) is 15.4 Å². The number of methoxy groups -OCH3 is 1. The lowest BCUT2D eigenvalue weighted by Gasteiger charge is -2.26. The summed E-state index contributed by atoms with van der Waals surface area (Å²) in [6.07, 6.45) is 0. The minimum atomic E-state index is -3.36. The van der Waals surface area contributed by atoms with E-state index in [0.717, 1.165) is 5.56 Å². The highest BCUT2D eigenvalue weighted by molar-refractivity contribution is 7.89. The van der Waals surface area contributed by atoms with E-state index in [9.17, 15) is 13.2 Å². The summed E-state index contributed by atoms with van der Waals surface area (Å²) in [4.78, 5) is 19.5. The number of ether oxygens (including phenoxy) is 1. The average molecular weight is 435 g/mol.